The van der Waals surface area contributed by atoms with Crippen molar-refractivity contribution in [3.05, 3.63) is 29.8 Å². The molecule has 2 rings (SSSR count). The lowest BCUT2D eigenvalue weighted by atomic mass is 9.79. The first-order valence-corrected chi connectivity index (χ1v) is 7.34. The summed E-state index contributed by atoms with van der Waals surface area (Å²) in [5.41, 5.74) is 6.19. The Morgan fingerprint density at radius 3 is 3.00 bits per heavy atom. The molecule has 1 saturated carbocycles. The topological polar surface area (TPSA) is 64.3 Å². The monoisotopic (exact) mass is 276 g/mol. The van der Waals surface area contributed by atoms with Crippen molar-refractivity contribution in [2.45, 2.75) is 50.7 Å². The highest BCUT2D eigenvalue weighted by Crippen LogP contribution is 2.31. The van der Waals surface area contributed by atoms with Crippen LogP contribution in [0.4, 0.5) is 0 Å². The largest absolute Gasteiger partial charge is 0.490 e. The average molecular weight is 276 g/mol. The molecule has 0 aromatic heterocycles. The maximum Gasteiger partial charge on any atom is 0.237 e. The van der Waals surface area contributed by atoms with E-state index in [9.17, 15) is 4.79 Å². The van der Waals surface area contributed by atoms with Crippen LogP contribution in [0.1, 0.15) is 38.2 Å². The normalized spacial score (nSPS) is 26.2. The SMILES string of the molecule is CCc1cccc(OC2CCCC(NC)(C(N)=O)C2)c1. The second-order valence-electron chi connectivity index (χ2n) is 5.53. The van der Waals surface area contributed by atoms with Crippen LogP contribution >= 0.6 is 0 Å². The molecule has 2 unspecified atom stereocenters. The minimum Gasteiger partial charge on any atom is -0.490 e. The summed E-state index contributed by atoms with van der Waals surface area (Å²) in [6.07, 6.45) is 4.36. The quantitative estimate of drug-likeness (QED) is 0.864. The number of benzene rings is 1. The van der Waals surface area contributed by atoms with E-state index in [4.69, 9.17) is 10.5 Å². The molecule has 0 saturated heterocycles. The predicted molar refractivity (Wildman–Crippen MR) is 79.7 cm³/mol. The minimum absolute atomic E-state index is 0.0378. The van der Waals surface area contributed by atoms with E-state index in [1.54, 1.807) is 7.05 Å². The van der Waals surface area contributed by atoms with E-state index in [1.807, 2.05) is 12.1 Å². The van der Waals surface area contributed by atoms with Crippen LogP contribution in [0.2, 0.25) is 0 Å². The number of carbonyl (C=O) groups is 1. The molecule has 0 spiro atoms. The maximum atomic E-state index is 11.7. The molecule has 0 heterocycles. The van der Waals surface area contributed by atoms with Gasteiger partial charge in [-0.05, 0) is 50.4 Å². The van der Waals surface area contributed by atoms with Crippen molar-refractivity contribution >= 4 is 5.91 Å². The summed E-state index contributed by atoms with van der Waals surface area (Å²) >= 11 is 0. The molecule has 2 atom stereocenters. The highest BCUT2D eigenvalue weighted by atomic mass is 16.5. The van der Waals surface area contributed by atoms with Crippen molar-refractivity contribution in [3.63, 3.8) is 0 Å². The number of nitrogens with two attached hydrogens (primary N) is 1. The zero-order chi connectivity index (χ0) is 14.6. The van der Waals surface area contributed by atoms with Crippen molar-refractivity contribution in [3.8, 4) is 5.75 Å². The van der Waals surface area contributed by atoms with Crippen molar-refractivity contribution in [2.75, 3.05) is 7.05 Å². The molecule has 1 amide bonds. The third-order valence-corrected chi connectivity index (χ3v) is 4.27. The van der Waals surface area contributed by atoms with E-state index < -0.39 is 5.54 Å². The number of likely N-dealkylation sites (N-methyl/N-ethyl adjacent to an activating group) is 1. The minimum atomic E-state index is -0.620. The van der Waals surface area contributed by atoms with Gasteiger partial charge in [-0.1, -0.05) is 19.1 Å². The summed E-state index contributed by atoms with van der Waals surface area (Å²) in [6.45, 7) is 2.12. The summed E-state index contributed by atoms with van der Waals surface area (Å²) in [4.78, 5) is 11.7. The third kappa shape index (κ3) is 3.12. The molecular weight excluding hydrogens is 252 g/mol. The fourth-order valence-electron chi connectivity index (χ4n) is 2.93. The first kappa shape index (κ1) is 14.9. The Labute approximate surface area is 120 Å². The molecule has 1 aromatic rings. The van der Waals surface area contributed by atoms with E-state index in [2.05, 4.69) is 24.4 Å². The molecule has 4 heteroatoms. The van der Waals surface area contributed by atoms with Crippen molar-refractivity contribution in [2.24, 2.45) is 5.73 Å². The molecule has 3 N–H and O–H groups in total. The zero-order valence-electron chi connectivity index (χ0n) is 12.3. The number of primary amides is 1. The van der Waals surface area contributed by atoms with Crippen LogP contribution in [-0.2, 0) is 11.2 Å². The number of ether oxygens (including phenoxy) is 1. The number of aryl methyl sites for hydroxylation is 1. The standard InChI is InChI=1S/C16H24N2O2/c1-3-12-6-4-7-13(10-12)20-14-8-5-9-16(11-14,18-2)15(17)19/h4,6-7,10,14,18H,3,5,8-9,11H2,1-2H3,(H2,17,19). The number of hydrogen-bond acceptors (Lipinski definition) is 3. The maximum absolute atomic E-state index is 11.7. The van der Waals surface area contributed by atoms with Gasteiger partial charge in [-0.2, -0.15) is 0 Å². The van der Waals surface area contributed by atoms with E-state index in [0.717, 1.165) is 31.4 Å². The van der Waals surface area contributed by atoms with Crippen LogP contribution in [-0.4, -0.2) is 24.6 Å². The molecule has 4 nitrogen and oxygen atoms in total. The number of hydrogen-bond donors (Lipinski definition) is 2. The van der Waals surface area contributed by atoms with Crippen LogP contribution in [0.5, 0.6) is 5.75 Å². The number of rotatable bonds is 5. The van der Waals surface area contributed by atoms with Gasteiger partial charge in [0.25, 0.3) is 0 Å². The number of carbonyl (C=O) groups excluding carboxylic acids is 1. The highest BCUT2D eigenvalue weighted by Gasteiger charge is 2.40. The Hall–Kier alpha value is -1.55. The van der Waals surface area contributed by atoms with Gasteiger partial charge >= 0.3 is 0 Å². The van der Waals surface area contributed by atoms with Crippen LogP contribution in [0.3, 0.4) is 0 Å². The molecule has 110 valence electrons. The number of nitrogens with one attached hydrogen (secondary N) is 1. The van der Waals surface area contributed by atoms with E-state index >= 15 is 0 Å². The van der Waals surface area contributed by atoms with Crippen molar-refractivity contribution < 1.29 is 9.53 Å². The third-order valence-electron chi connectivity index (χ3n) is 4.27. The van der Waals surface area contributed by atoms with Gasteiger partial charge in [0.05, 0.1) is 0 Å². The Balaban J connectivity index is 2.07. The average Bonchev–Trinajstić information content (AvgIpc) is 2.47. The molecule has 1 aliphatic rings. The van der Waals surface area contributed by atoms with Crippen LogP contribution in [0.15, 0.2) is 24.3 Å². The molecule has 1 fully saturated rings. The van der Waals surface area contributed by atoms with E-state index in [0.29, 0.717) is 6.42 Å². The summed E-state index contributed by atoms with van der Waals surface area (Å²) in [7, 11) is 1.80. The summed E-state index contributed by atoms with van der Waals surface area (Å²) < 4.78 is 6.06. The van der Waals surface area contributed by atoms with E-state index in [1.165, 1.54) is 5.56 Å². The highest BCUT2D eigenvalue weighted by molar-refractivity contribution is 5.84. The smallest absolute Gasteiger partial charge is 0.237 e. The van der Waals surface area contributed by atoms with Gasteiger partial charge in [-0.15, -0.1) is 0 Å². The zero-order valence-corrected chi connectivity index (χ0v) is 12.3. The van der Waals surface area contributed by atoms with E-state index in [-0.39, 0.29) is 12.0 Å². The Morgan fingerprint density at radius 2 is 2.35 bits per heavy atom. The summed E-state index contributed by atoms with van der Waals surface area (Å²) in [5.74, 6) is 0.598. The second kappa shape index (κ2) is 6.27. The lowest BCUT2D eigenvalue weighted by Crippen LogP contribution is -2.58. The van der Waals surface area contributed by atoms with Gasteiger partial charge in [-0.25, -0.2) is 0 Å². The van der Waals surface area contributed by atoms with Crippen molar-refractivity contribution in [1.29, 1.82) is 0 Å². The van der Waals surface area contributed by atoms with Gasteiger partial charge < -0.3 is 15.8 Å². The lowest BCUT2D eigenvalue weighted by Gasteiger charge is -2.38. The molecule has 0 bridgehead atoms. The van der Waals surface area contributed by atoms with Gasteiger partial charge in [0.1, 0.15) is 17.4 Å². The first-order valence-electron chi connectivity index (χ1n) is 7.34. The van der Waals surface area contributed by atoms with Gasteiger partial charge in [0.2, 0.25) is 5.91 Å². The molecule has 0 aliphatic heterocycles. The van der Waals surface area contributed by atoms with Crippen molar-refractivity contribution in [1.82, 2.24) is 5.32 Å². The van der Waals surface area contributed by atoms with Gasteiger partial charge in [0, 0.05) is 6.42 Å². The number of amides is 1. The molecule has 0 radical (unpaired) electrons. The first-order chi connectivity index (χ1) is 9.59. The van der Waals surface area contributed by atoms with Gasteiger partial charge in [-0.3, -0.25) is 4.79 Å². The summed E-state index contributed by atoms with van der Waals surface area (Å²) in [5, 5.41) is 3.10. The Morgan fingerprint density at radius 1 is 1.55 bits per heavy atom. The van der Waals surface area contributed by atoms with Crippen LogP contribution < -0.4 is 15.8 Å². The Bertz CT molecular complexity index is 475. The second-order valence-corrected chi connectivity index (χ2v) is 5.53. The predicted octanol–water partition coefficient (Wildman–Crippen LogP) is 2.01. The molecule has 1 aliphatic carbocycles. The molecule has 1 aromatic carbocycles. The molecule has 20 heavy (non-hydrogen) atoms. The lowest BCUT2D eigenvalue weighted by molar-refractivity contribution is -0.126. The van der Waals surface area contributed by atoms with Gasteiger partial charge in [0.15, 0.2) is 0 Å². The fourth-order valence-corrected chi connectivity index (χ4v) is 2.93. The fraction of sp³-hybridized carbons (Fsp3) is 0.562. The van der Waals surface area contributed by atoms with Crippen LogP contribution in [0, 0.1) is 0 Å². The Kier molecular flexibility index (Phi) is 4.65. The van der Waals surface area contributed by atoms with Crippen LogP contribution in [0.25, 0.3) is 0 Å². The summed E-state index contributed by atoms with van der Waals surface area (Å²) in [6, 6.07) is 8.14. The molecular formula is C16H24N2O2.